The number of pyridine rings is 1. The van der Waals surface area contributed by atoms with E-state index in [1.807, 2.05) is 36.2 Å². The Morgan fingerprint density at radius 3 is 2.63 bits per heavy atom. The Hall–Kier alpha value is -1.57. The van der Waals surface area contributed by atoms with Crippen LogP contribution < -0.4 is 4.90 Å². The van der Waals surface area contributed by atoms with Crippen LogP contribution in [0.2, 0.25) is 5.02 Å². The lowest BCUT2D eigenvalue weighted by atomic mass is 10.2. The Morgan fingerprint density at radius 2 is 2.00 bits per heavy atom. The maximum Gasteiger partial charge on any atom is 0.148 e. The second-order valence-corrected chi connectivity index (χ2v) is 5.38. The molecule has 0 saturated carbocycles. The Labute approximate surface area is 125 Å². The highest BCUT2D eigenvalue weighted by molar-refractivity contribution is 9.10. The second-order valence-electron chi connectivity index (χ2n) is 4.09. The topological polar surface area (TPSA) is 39.9 Å². The molecule has 0 spiro atoms. The second kappa shape index (κ2) is 6.05. The van der Waals surface area contributed by atoms with E-state index in [-0.39, 0.29) is 0 Å². The molecule has 0 radical (unpaired) electrons. The summed E-state index contributed by atoms with van der Waals surface area (Å²) in [7, 11) is 1.90. The van der Waals surface area contributed by atoms with Gasteiger partial charge in [-0.1, -0.05) is 39.7 Å². The van der Waals surface area contributed by atoms with Crippen molar-refractivity contribution in [2.45, 2.75) is 6.54 Å². The van der Waals surface area contributed by atoms with Gasteiger partial charge in [-0.05, 0) is 23.8 Å². The first-order valence-electron chi connectivity index (χ1n) is 5.62. The van der Waals surface area contributed by atoms with E-state index in [2.05, 4.69) is 27.0 Å². The van der Waals surface area contributed by atoms with Gasteiger partial charge in [0.25, 0.3) is 0 Å². The molecule has 0 saturated heterocycles. The van der Waals surface area contributed by atoms with Crippen molar-refractivity contribution in [2.24, 2.45) is 0 Å². The van der Waals surface area contributed by atoms with E-state index in [1.54, 1.807) is 12.3 Å². The molecule has 1 aromatic heterocycles. The van der Waals surface area contributed by atoms with Gasteiger partial charge in [-0.2, -0.15) is 5.26 Å². The highest BCUT2D eigenvalue weighted by Crippen LogP contribution is 2.26. The van der Waals surface area contributed by atoms with Crippen molar-refractivity contribution in [3.8, 4) is 6.07 Å². The van der Waals surface area contributed by atoms with Crippen LogP contribution in [0.1, 0.15) is 11.1 Å². The van der Waals surface area contributed by atoms with E-state index >= 15 is 0 Å². The van der Waals surface area contributed by atoms with E-state index in [0.717, 1.165) is 10.0 Å². The average molecular weight is 337 g/mol. The molecule has 0 atom stereocenters. The summed E-state index contributed by atoms with van der Waals surface area (Å²) in [6.07, 6.45) is 1.60. The normalized spacial score (nSPS) is 10.0. The third-order valence-corrected chi connectivity index (χ3v) is 3.59. The van der Waals surface area contributed by atoms with Gasteiger partial charge in [0.1, 0.15) is 16.9 Å². The monoisotopic (exact) mass is 335 g/mol. The van der Waals surface area contributed by atoms with Gasteiger partial charge in [0, 0.05) is 24.3 Å². The summed E-state index contributed by atoms with van der Waals surface area (Å²) in [5.41, 5.74) is 1.58. The van der Waals surface area contributed by atoms with E-state index in [0.29, 0.717) is 22.9 Å². The average Bonchev–Trinajstić information content (AvgIpc) is 2.41. The number of benzene rings is 1. The molecular weight excluding hydrogens is 326 g/mol. The van der Waals surface area contributed by atoms with Crippen LogP contribution in [0.4, 0.5) is 5.82 Å². The zero-order valence-electron chi connectivity index (χ0n) is 10.3. The van der Waals surface area contributed by atoms with E-state index in [4.69, 9.17) is 16.9 Å². The van der Waals surface area contributed by atoms with Crippen LogP contribution in [0.15, 0.2) is 41.0 Å². The van der Waals surface area contributed by atoms with Crippen molar-refractivity contribution in [3.05, 3.63) is 57.2 Å². The molecule has 5 heteroatoms. The van der Waals surface area contributed by atoms with Gasteiger partial charge < -0.3 is 4.90 Å². The van der Waals surface area contributed by atoms with Crippen molar-refractivity contribution in [1.29, 1.82) is 5.26 Å². The predicted octanol–water partition coefficient (Wildman–Crippen LogP) is 4.01. The third-order valence-electron chi connectivity index (χ3n) is 2.69. The van der Waals surface area contributed by atoms with Crippen LogP contribution in [-0.4, -0.2) is 12.0 Å². The Kier molecular flexibility index (Phi) is 4.41. The van der Waals surface area contributed by atoms with Gasteiger partial charge in [-0.3, -0.25) is 0 Å². The molecule has 0 aliphatic carbocycles. The number of hydrogen-bond acceptors (Lipinski definition) is 3. The predicted molar refractivity (Wildman–Crippen MR) is 80.2 cm³/mol. The minimum Gasteiger partial charge on any atom is -0.354 e. The van der Waals surface area contributed by atoms with Crippen LogP contribution in [0.5, 0.6) is 0 Å². The molecule has 1 aromatic carbocycles. The molecule has 0 aliphatic rings. The number of rotatable bonds is 3. The van der Waals surface area contributed by atoms with Gasteiger partial charge >= 0.3 is 0 Å². The zero-order chi connectivity index (χ0) is 13.8. The first-order chi connectivity index (χ1) is 9.11. The first-order valence-corrected chi connectivity index (χ1v) is 6.79. The van der Waals surface area contributed by atoms with Gasteiger partial charge in [0.05, 0.1) is 5.56 Å². The number of nitriles is 1. The zero-order valence-corrected chi connectivity index (χ0v) is 12.6. The largest absolute Gasteiger partial charge is 0.354 e. The van der Waals surface area contributed by atoms with E-state index in [1.165, 1.54) is 0 Å². The molecule has 96 valence electrons. The fourth-order valence-electron chi connectivity index (χ4n) is 1.72. The molecular formula is C14H11BrClN3. The fourth-order valence-corrected chi connectivity index (χ4v) is 2.29. The minimum absolute atomic E-state index is 0.393. The quantitative estimate of drug-likeness (QED) is 0.850. The van der Waals surface area contributed by atoms with Crippen molar-refractivity contribution in [1.82, 2.24) is 4.98 Å². The van der Waals surface area contributed by atoms with Gasteiger partial charge in [-0.15, -0.1) is 0 Å². The van der Waals surface area contributed by atoms with Gasteiger partial charge in [0.15, 0.2) is 0 Å². The number of halogens is 2. The van der Waals surface area contributed by atoms with Crippen LogP contribution in [0, 0.1) is 11.3 Å². The van der Waals surface area contributed by atoms with Crippen LogP contribution in [0.3, 0.4) is 0 Å². The molecule has 0 N–H and O–H groups in total. The van der Waals surface area contributed by atoms with Crippen LogP contribution in [0.25, 0.3) is 0 Å². The summed E-state index contributed by atoms with van der Waals surface area (Å²) in [4.78, 5) is 6.16. The van der Waals surface area contributed by atoms with E-state index < -0.39 is 0 Å². The molecule has 19 heavy (non-hydrogen) atoms. The van der Waals surface area contributed by atoms with Gasteiger partial charge in [-0.25, -0.2) is 4.98 Å². The Bertz CT molecular complexity index is 620. The smallest absolute Gasteiger partial charge is 0.148 e. The lowest BCUT2D eigenvalue weighted by Gasteiger charge is -2.19. The number of nitrogens with zero attached hydrogens (tertiary/aromatic N) is 3. The van der Waals surface area contributed by atoms with Gasteiger partial charge in [0.2, 0.25) is 0 Å². The summed E-state index contributed by atoms with van der Waals surface area (Å²) in [5, 5.41) is 9.35. The number of anilines is 1. The number of aromatic nitrogens is 1. The van der Waals surface area contributed by atoms with Crippen molar-refractivity contribution < 1.29 is 0 Å². The summed E-state index contributed by atoms with van der Waals surface area (Å²) in [5.74, 6) is 0.614. The standard InChI is InChI=1S/C14H11BrClN3/c1-19(9-10-2-4-12(15)5-3-10)14-13(16)11(8-17)6-7-18-14/h2-7H,9H2,1H3. The molecule has 0 amide bonds. The van der Waals surface area contributed by atoms with Crippen LogP contribution in [-0.2, 0) is 6.54 Å². The van der Waals surface area contributed by atoms with E-state index in [9.17, 15) is 0 Å². The molecule has 1 heterocycles. The lowest BCUT2D eigenvalue weighted by molar-refractivity contribution is 0.897. The summed E-state index contributed by atoms with van der Waals surface area (Å²) < 4.78 is 1.04. The van der Waals surface area contributed by atoms with Crippen LogP contribution >= 0.6 is 27.5 Å². The molecule has 2 rings (SSSR count). The molecule has 0 bridgehead atoms. The molecule has 0 aliphatic heterocycles. The molecule has 3 nitrogen and oxygen atoms in total. The Morgan fingerprint density at radius 1 is 1.32 bits per heavy atom. The first kappa shape index (κ1) is 13.9. The van der Waals surface area contributed by atoms with Crippen molar-refractivity contribution in [3.63, 3.8) is 0 Å². The van der Waals surface area contributed by atoms with Crippen molar-refractivity contribution >= 4 is 33.3 Å². The molecule has 2 aromatic rings. The Balaban J connectivity index is 2.23. The highest BCUT2D eigenvalue weighted by atomic mass is 79.9. The molecule has 0 fully saturated rings. The highest BCUT2D eigenvalue weighted by Gasteiger charge is 2.11. The maximum absolute atomic E-state index is 8.96. The lowest BCUT2D eigenvalue weighted by Crippen LogP contribution is -2.18. The summed E-state index contributed by atoms with van der Waals surface area (Å²) >= 11 is 9.57. The minimum atomic E-state index is 0.393. The summed E-state index contributed by atoms with van der Waals surface area (Å²) in [6, 6.07) is 11.7. The third kappa shape index (κ3) is 3.25. The number of hydrogen-bond donors (Lipinski definition) is 0. The van der Waals surface area contributed by atoms with Crippen molar-refractivity contribution in [2.75, 3.05) is 11.9 Å². The summed E-state index contributed by atoms with van der Waals surface area (Å²) in [6.45, 7) is 0.675. The molecule has 0 unspecified atom stereocenters. The fraction of sp³-hybridized carbons (Fsp3) is 0.143. The maximum atomic E-state index is 8.96. The SMILES string of the molecule is CN(Cc1ccc(Br)cc1)c1nccc(C#N)c1Cl.